The number of nitrogens with zero attached hydrogens (tertiary/aromatic N) is 2. The fourth-order valence-electron chi connectivity index (χ4n) is 4.49. The molecule has 9 heteroatoms. The maximum atomic E-state index is 13.9. The van der Waals surface area contributed by atoms with E-state index in [2.05, 4.69) is 0 Å². The Bertz CT molecular complexity index is 1310. The van der Waals surface area contributed by atoms with Crippen LogP contribution in [0.1, 0.15) is 33.1 Å². The number of hydrogen-bond donors (Lipinski definition) is 4. The number of likely N-dealkylation sites (N-methyl/N-ethyl adjacent to an activating group) is 1. The summed E-state index contributed by atoms with van der Waals surface area (Å²) in [5.41, 5.74) is 1.96. The van der Waals surface area contributed by atoms with Crippen LogP contribution < -0.4 is 0 Å². The number of rotatable bonds is 4. The number of hydrogen-bond acceptors (Lipinski definition) is 6. The minimum Gasteiger partial charge on any atom is -0.504 e. The summed E-state index contributed by atoms with van der Waals surface area (Å²) in [4.78, 5) is 30.1. The summed E-state index contributed by atoms with van der Waals surface area (Å²) in [6.45, 7) is 0. The fraction of sp³-hybridized carbons (Fsp3) is 0.231. The Morgan fingerprint density at radius 2 is 1.60 bits per heavy atom. The first-order chi connectivity index (χ1) is 16.6. The van der Waals surface area contributed by atoms with Crippen LogP contribution >= 0.6 is 11.6 Å². The highest BCUT2D eigenvalue weighted by molar-refractivity contribution is 6.33. The molecular weight excluding hydrogens is 472 g/mol. The molecule has 35 heavy (non-hydrogen) atoms. The third-order valence-electron chi connectivity index (χ3n) is 6.21. The van der Waals surface area contributed by atoms with E-state index in [0.29, 0.717) is 16.7 Å². The number of aromatic hydroxyl groups is 4. The van der Waals surface area contributed by atoms with Gasteiger partial charge in [0.15, 0.2) is 23.0 Å². The second kappa shape index (κ2) is 9.38. The van der Waals surface area contributed by atoms with Crippen molar-refractivity contribution in [3.63, 3.8) is 0 Å². The standard InChI is InChI=1S/C26H25ClN2O6/c1-28(2)26(35)20-11-15-12-23(32)24(33)13-17(15)19(9-14-7-8-21(30)22(31)10-14)29(20)25(34)16-5-3-4-6-18(16)27/h3-8,10,12-13,19-20,30-33H,9,11H2,1-2H3/t19-,20-/m0/s1. The third-order valence-corrected chi connectivity index (χ3v) is 6.54. The topological polar surface area (TPSA) is 122 Å². The van der Waals surface area contributed by atoms with Crippen LogP contribution in [0.4, 0.5) is 0 Å². The zero-order valence-electron chi connectivity index (χ0n) is 19.1. The van der Waals surface area contributed by atoms with Crippen LogP contribution in [0.5, 0.6) is 23.0 Å². The molecule has 1 aliphatic rings. The summed E-state index contributed by atoms with van der Waals surface area (Å²) in [5, 5.41) is 40.4. The van der Waals surface area contributed by atoms with E-state index in [4.69, 9.17) is 11.6 Å². The van der Waals surface area contributed by atoms with E-state index < -0.39 is 18.0 Å². The maximum absolute atomic E-state index is 13.9. The Kier molecular flexibility index (Phi) is 6.49. The monoisotopic (exact) mass is 496 g/mol. The van der Waals surface area contributed by atoms with Gasteiger partial charge in [-0.2, -0.15) is 0 Å². The SMILES string of the molecule is CN(C)C(=O)[C@@H]1Cc2cc(O)c(O)cc2[C@H](Cc2ccc(O)c(O)c2)N1C(=O)c1ccccc1Cl. The van der Waals surface area contributed by atoms with Crippen LogP contribution in [0.25, 0.3) is 0 Å². The van der Waals surface area contributed by atoms with Gasteiger partial charge in [-0.15, -0.1) is 0 Å². The van der Waals surface area contributed by atoms with E-state index in [1.165, 1.54) is 34.1 Å². The molecule has 1 aliphatic heterocycles. The fourth-order valence-corrected chi connectivity index (χ4v) is 4.70. The smallest absolute Gasteiger partial charge is 0.256 e. The first kappa shape index (κ1) is 24.2. The maximum Gasteiger partial charge on any atom is 0.256 e. The van der Waals surface area contributed by atoms with Gasteiger partial charge in [-0.25, -0.2) is 0 Å². The predicted molar refractivity (Wildman–Crippen MR) is 130 cm³/mol. The van der Waals surface area contributed by atoms with Gasteiger partial charge in [0, 0.05) is 20.5 Å². The summed E-state index contributed by atoms with van der Waals surface area (Å²) >= 11 is 6.34. The molecule has 0 aliphatic carbocycles. The predicted octanol–water partition coefficient (Wildman–Crippen LogP) is 3.60. The molecule has 2 atom stereocenters. The van der Waals surface area contributed by atoms with Crippen molar-refractivity contribution in [1.82, 2.24) is 9.80 Å². The molecule has 2 amide bonds. The number of phenolic OH excluding ortho intramolecular Hbond substituents is 4. The number of fused-ring (bicyclic) bond motifs is 1. The lowest BCUT2D eigenvalue weighted by molar-refractivity contribution is -0.134. The highest BCUT2D eigenvalue weighted by Gasteiger charge is 2.43. The Morgan fingerprint density at radius 1 is 0.943 bits per heavy atom. The quantitative estimate of drug-likeness (QED) is 0.409. The van der Waals surface area contributed by atoms with Crippen molar-refractivity contribution < 1.29 is 30.0 Å². The molecule has 1 heterocycles. The molecule has 0 spiro atoms. The molecule has 0 fully saturated rings. The molecule has 0 saturated heterocycles. The van der Waals surface area contributed by atoms with Crippen molar-refractivity contribution in [2.75, 3.05) is 14.1 Å². The van der Waals surface area contributed by atoms with Gasteiger partial charge >= 0.3 is 0 Å². The summed E-state index contributed by atoms with van der Waals surface area (Å²) in [5.74, 6) is -2.08. The number of benzene rings is 3. The molecular formula is C26H25ClN2O6. The number of halogens is 1. The van der Waals surface area contributed by atoms with Gasteiger partial charge in [0.2, 0.25) is 5.91 Å². The van der Waals surface area contributed by atoms with Crippen LogP contribution in [-0.4, -0.2) is 62.2 Å². The Balaban J connectivity index is 1.92. The molecule has 4 rings (SSSR count). The zero-order chi connectivity index (χ0) is 25.4. The van der Waals surface area contributed by atoms with Crippen molar-refractivity contribution in [3.8, 4) is 23.0 Å². The second-order valence-electron chi connectivity index (χ2n) is 8.73. The van der Waals surface area contributed by atoms with Gasteiger partial charge in [-0.3, -0.25) is 9.59 Å². The summed E-state index contributed by atoms with van der Waals surface area (Å²) in [6, 6.07) is 12.0. The third kappa shape index (κ3) is 4.57. The van der Waals surface area contributed by atoms with Crippen LogP contribution in [-0.2, 0) is 17.6 Å². The lowest BCUT2D eigenvalue weighted by atomic mass is 9.83. The van der Waals surface area contributed by atoms with E-state index in [-0.39, 0.29) is 52.3 Å². The van der Waals surface area contributed by atoms with Gasteiger partial charge in [0.05, 0.1) is 16.6 Å². The van der Waals surface area contributed by atoms with Gasteiger partial charge in [-0.05, 0) is 59.5 Å². The van der Waals surface area contributed by atoms with Crippen molar-refractivity contribution in [2.45, 2.75) is 24.9 Å². The zero-order valence-corrected chi connectivity index (χ0v) is 19.9. The number of phenols is 4. The van der Waals surface area contributed by atoms with E-state index in [0.717, 1.165) is 0 Å². The Morgan fingerprint density at radius 3 is 2.26 bits per heavy atom. The van der Waals surface area contributed by atoms with Gasteiger partial charge in [-0.1, -0.05) is 29.8 Å². The second-order valence-corrected chi connectivity index (χ2v) is 9.13. The van der Waals surface area contributed by atoms with Crippen molar-refractivity contribution in [2.24, 2.45) is 0 Å². The number of amides is 2. The average Bonchev–Trinajstić information content (AvgIpc) is 2.81. The van der Waals surface area contributed by atoms with Crippen molar-refractivity contribution in [1.29, 1.82) is 0 Å². The Labute approximate surface area is 207 Å². The summed E-state index contributed by atoms with van der Waals surface area (Å²) in [7, 11) is 3.19. The summed E-state index contributed by atoms with van der Waals surface area (Å²) in [6.07, 6.45) is 0.270. The minimum atomic E-state index is -0.916. The van der Waals surface area contributed by atoms with Crippen LogP contribution in [0.2, 0.25) is 5.02 Å². The van der Waals surface area contributed by atoms with E-state index in [9.17, 15) is 30.0 Å². The molecule has 0 unspecified atom stereocenters. The molecule has 0 radical (unpaired) electrons. The highest BCUT2D eigenvalue weighted by atomic mass is 35.5. The first-order valence-electron chi connectivity index (χ1n) is 10.9. The molecule has 3 aromatic carbocycles. The number of carbonyl (C=O) groups excluding carboxylic acids is 2. The molecule has 3 aromatic rings. The largest absolute Gasteiger partial charge is 0.504 e. The molecule has 0 aromatic heterocycles. The molecule has 0 bridgehead atoms. The van der Waals surface area contributed by atoms with Gasteiger partial charge < -0.3 is 30.2 Å². The summed E-state index contributed by atoms with van der Waals surface area (Å²) < 4.78 is 0. The minimum absolute atomic E-state index is 0.119. The highest BCUT2D eigenvalue weighted by Crippen LogP contribution is 2.42. The van der Waals surface area contributed by atoms with E-state index >= 15 is 0 Å². The molecule has 182 valence electrons. The van der Waals surface area contributed by atoms with Gasteiger partial charge in [0.1, 0.15) is 6.04 Å². The Hall–Kier alpha value is -3.91. The normalized spacial score (nSPS) is 17.1. The van der Waals surface area contributed by atoms with Crippen molar-refractivity contribution in [3.05, 3.63) is 81.9 Å². The average molecular weight is 497 g/mol. The first-order valence-corrected chi connectivity index (χ1v) is 11.3. The molecule has 8 nitrogen and oxygen atoms in total. The molecule has 4 N–H and O–H groups in total. The van der Waals surface area contributed by atoms with E-state index in [1.54, 1.807) is 44.4 Å². The van der Waals surface area contributed by atoms with Crippen LogP contribution in [0.3, 0.4) is 0 Å². The lowest BCUT2D eigenvalue weighted by Crippen LogP contribution is -2.54. The van der Waals surface area contributed by atoms with Crippen molar-refractivity contribution >= 4 is 23.4 Å². The van der Waals surface area contributed by atoms with E-state index in [1.807, 2.05) is 0 Å². The van der Waals surface area contributed by atoms with Crippen LogP contribution in [0.15, 0.2) is 54.6 Å². The van der Waals surface area contributed by atoms with Crippen LogP contribution in [0, 0.1) is 0 Å². The lowest BCUT2D eigenvalue weighted by Gasteiger charge is -2.43. The molecule has 0 saturated carbocycles. The number of carbonyl (C=O) groups is 2. The van der Waals surface area contributed by atoms with Gasteiger partial charge in [0.25, 0.3) is 5.91 Å².